The third-order valence-corrected chi connectivity index (χ3v) is 4.36. The monoisotopic (exact) mass is 366 g/mol. The first-order valence-electron chi connectivity index (χ1n) is 8.21. The van der Waals surface area contributed by atoms with Crippen LogP contribution in [-0.2, 0) is 0 Å². The van der Waals surface area contributed by atoms with Gasteiger partial charge < -0.3 is 15.4 Å². The Hall–Kier alpha value is -1.58. The Morgan fingerprint density at radius 2 is 1.67 bits per heavy atom. The van der Waals surface area contributed by atoms with Crippen molar-refractivity contribution in [2.75, 3.05) is 30.3 Å². The predicted molar refractivity (Wildman–Crippen MR) is 105 cm³/mol. The molecule has 24 heavy (non-hydrogen) atoms. The van der Waals surface area contributed by atoms with E-state index in [4.69, 9.17) is 27.9 Å². The minimum Gasteiger partial charge on any atom is -0.494 e. The molecule has 0 radical (unpaired) electrons. The highest BCUT2D eigenvalue weighted by molar-refractivity contribution is 6.43. The molecule has 2 aromatic carbocycles. The number of hydrogen-bond acceptors (Lipinski definition) is 3. The maximum atomic E-state index is 6.14. The minimum atomic E-state index is 0.557. The van der Waals surface area contributed by atoms with Crippen LogP contribution in [0.5, 0.6) is 5.75 Å². The van der Waals surface area contributed by atoms with Crippen molar-refractivity contribution in [1.29, 1.82) is 0 Å². The number of nitrogens with one attached hydrogen (secondary N) is 2. The van der Waals surface area contributed by atoms with E-state index in [0.29, 0.717) is 16.0 Å². The van der Waals surface area contributed by atoms with Crippen LogP contribution in [0.2, 0.25) is 10.0 Å². The van der Waals surface area contributed by atoms with Gasteiger partial charge in [0.1, 0.15) is 5.75 Å². The van der Waals surface area contributed by atoms with E-state index in [-0.39, 0.29) is 0 Å². The van der Waals surface area contributed by atoms with Crippen LogP contribution in [0.15, 0.2) is 42.5 Å². The van der Waals surface area contributed by atoms with Crippen molar-refractivity contribution in [3.8, 4) is 5.75 Å². The van der Waals surface area contributed by atoms with Crippen molar-refractivity contribution in [3.63, 3.8) is 0 Å². The van der Waals surface area contributed by atoms with Crippen molar-refractivity contribution < 1.29 is 4.74 Å². The Bertz CT molecular complexity index is 630. The number of anilines is 2. The molecule has 0 aromatic heterocycles. The van der Waals surface area contributed by atoms with Gasteiger partial charge in [0.2, 0.25) is 0 Å². The zero-order valence-corrected chi connectivity index (χ0v) is 15.6. The zero-order chi connectivity index (χ0) is 17.4. The minimum absolute atomic E-state index is 0.557. The summed E-state index contributed by atoms with van der Waals surface area (Å²) in [5, 5.41) is 7.74. The summed E-state index contributed by atoms with van der Waals surface area (Å²) < 4.78 is 5.71. The van der Waals surface area contributed by atoms with Crippen LogP contribution in [0.25, 0.3) is 0 Å². The highest BCUT2D eigenvalue weighted by atomic mass is 35.5. The van der Waals surface area contributed by atoms with Gasteiger partial charge in [0.25, 0.3) is 0 Å². The van der Waals surface area contributed by atoms with Crippen LogP contribution < -0.4 is 15.4 Å². The molecule has 2 rings (SSSR count). The van der Waals surface area contributed by atoms with Crippen molar-refractivity contribution in [2.24, 2.45) is 5.92 Å². The molecule has 2 N–H and O–H groups in total. The van der Waals surface area contributed by atoms with Gasteiger partial charge in [-0.1, -0.05) is 43.1 Å². The summed E-state index contributed by atoms with van der Waals surface area (Å²) >= 11 is 12.1. The zero-order valence-electron chi connectivity index (χ0n) is 14.1. The molecule has 0 saturated heterocycles. The Balaban J connectivity index is 1.71. The number of halogens is 2. The standard InChI is InChI=1S/C19H24Cl2N2O/c1-14(2)10-13-24-16-8-6-15(7-9-16)22-11-12-23-18-5-3-4-17(20)19(18)21/h3-9,14,22-23H,10-13H2,1-2H3. The molecule has 0 amide bonds. The molecular weight excluding hydrogens is 343 g/mol. The Morgan fingerprint density at radius 1 is 0.958 bits per heavy atom. The van der Waals surface area contributed by atoms with Gasteiger partial charge in [-0.3, -0.25) is 0 Å². The van der Waals surface area contributed by atoms with Gasteiger partial charge >= 0.3 is 0 Å². The molecule has 130 valence electrons. The lowest BCUT2D eigenvalue weighted by molar-refractivity contribution is 0.289. The number of rotatable bonds is 9. The van der Waals surface area contributed by atoms with E-state index in [1.807, 2.05) is 36.4 Å². The van der Waals surface area contributed by atoms with Crippen molar-refractivity contribution in [1.82, 2.24) is 0 Å². The highest BCUT2D eigenvalue weighted by Crippen LogP contribution is 2.29. The summed E-state index contributed by atoms with van der Waals surface area (Å²) in [5.41, 5.74) is 1.91. The quantitative estimate of drug-likeness (QED) is 0.538. The van der Waals surface area contributed by atoms with Gasteiger partial charge in [-0.2, -0.15) is 0 Å². The van der Waals surface area contributed by atoms with Gasteiger partial charge in [0.05, 0.1) is 22.3 Å². The van der Waals surface area contributed by atoms with Crippen LogP contribution in [0.1, 0.15) is 20.3 Å². The molecule has 3 nitrogen and oxygen atoms in total. The smallest absolute Gasteiger partial charge is 0.119 e. The first-order valence-corrected chi connectivity index (χ1v) is 8.96. The Kier molecular flexibility index (Phi) is 7.54. The van der Waals surface area contributed by atoms with Crippen LogP contribution in [0, 0.1) is 5.92 Å². The Morgan fingerprint density at radius 3 is 2.38 bits per heavy atom. The molecule has 0 aliphatic heterocycles. The lowest BCUT2D eigenvalue weighted by Crippen LogP contribution is -2.13. The van der Waals surface area contributed by atoms with E-state index in [1.165, 1.54) is 0 Å². The molecule has 0 bridgehead atoms. The predicted octanol–water partition coefficient (Wildman–Crippen LogP) is 5.94. The largest absolute Gasteiger partial charge is 0.494 e. The maximum absolute atomic E-state index is 6.14. The normalized spacial score (nSPS) is 10.7. The van der Waals surface area contributed by atoms with Gasteiger partial charge in [-0.25, -0.2) is 0 Å². The van der Waals surface area contributed by atoms with Crippen LogP contribution in [-0.4, -0.2) is 19.7 Å². The van der Waals surface area contributed by atoms with Gasteiger partial charge in [-0.15, -0.1) is 0 Å². The van der Waals surface area contributed by atoms with Gasteiger partial charge in [-0.05, 0) is 48.7 Å². The molecule has 0 saturated carbocycles. The molecule has 0 spiro atoms. The fourth-order valence-electron chi connectivity index (χ4n) is 2.13. The molecule has 0 heterocycles. The summed E-state index contributed by atoms with van der Waals surface area (Å²) in [6.07, 6.45) is 1.07. The highest BCUT2D eigenvalue weighted by Gasteiger charge is 2.03. The third kappa shape index (κ3) is 6.14. The molecule has 2 aromatic rings. The molecule has 0 aliphatic carbocycles. The van der Waals surface area contributed by atoms with E-state index >= 15 is 0 Å². The van der Waals surface area contributed by atoms with Crippen molar-refractivity contribution in [3.05, 3.63) is 52.5 Å². The number of ether oxygens (including phenoxy) is 1. The SMILES string of the molecule is CC(C)CCOc1ccc(NCCNc2cccc(Cl)c2Cl)cc1. The number of hydrogen-bond donors (Lipinski definition) is 2. The molecular formula is C19H24Cl2N2O. The summed E-state index contributed by atoms with van der Waals surface area (Å²) in [7, 11) is 0. The van der Waals surface area contributed by atoms with E-state index in [0.717, 1.165) is 43.2 Å². The van der Waals surface area contributed by atoms with Gasteiger partial charge in [0.15, 0.2) is 0 Å². The second-order valence-corrected chi connectivity index (χ2v) is 6.80. The summed E-state index contributed by atoms with van der Waals surface area (Å²) in [6.45, 7) is 6.67. The summed E-state index contributed by atoms with van der Waals surface area (Å²) in [6, 6.07) is 13.6. The average molecular weight is 367 g/mol. The van der Waals surface area contributed by atoms with E-state index in [9.17, 15) is 0 Å². The lowest BCUT2D eigenvalue weighted by atomic mass is 10.1. The second-order valence-electron chi connectivity index (χ2n) is 6.01. The van der Waals surface area contributed by atoms with Crippen molar-refractivity contribution >= 4 is 34.6 Å². The topological polar surface area (TPSA) is 33.3 Å². The second kappa shape index (κ2) is 9.65. The van der Waals surface area contributed by atoms with Crippen LogP contribution in [0.3, 0.4) is 0 Å². The van der Waals surface area contributed by atoms with Crippen LogP contribution >= 0.6 is 23.2 Å². The Labute approximate surface area is 154 Å². The molecule has 0 atom stereocenters. The molecule has 0 fully saturated rings. The fraction of sp³-hybridized carbons (Fsp3) is 0.368. The average Bonchev–Trinajstić information content (AvgIpc) is 2.56. The molecule has 5 heteroatoms. The van der Waals surface area contributed by atoms with E-state index in [2.05, 4.69) is 24.5 Å². The van der Waals surface area contributed by atoms with E-state index < -0.39 is 0 Å². The summed E-state index contributed by atoms with van der Waals surface area (Å²) in [4.78, 5) is 0. The van der Waals surface area contributed by atoms with Crippen molar-refractivity contribution in [2.45, 2.75) is 20.3 Å². The third-order valence-electron chi connectivity index (χ3n) is 3.54. The number of benzene rings is 2. The van der Waals surface area contributed by atoms with Gasteiger partial charge in [0, 0.05) is 18.8 Å². The first-order chi connectivity index (χ1) is 11.6. The van der Waals surface area contributed by atoms with E-state index in [1.54, 1.807) is 6.07 Å². The van der Waals surface area contributed by atoms with Crippen LogP contribution in [0.4, 0.5) is 11.4 Å². The lowest BCUT2D eigenvalue weighted by Gasteiger charge is -2.12. The maximum Gasteiger partial charge on any atom is 0.119 e. The molecule has 0 aliphatic rings. The summed E-state index contributed by atoms with van der Waals surface area (Å²) in [5.74, 6) is 1.57. The fourth-order valence-corrected chi connectivity index (χ4v) is 2.49. The molecule has 0 unspecified atom stereocenters. The first kappa shape index (κ1) is 18.8.